The van der Waals surface area contributed by atoms with E-state index in [-0.39, 0.29) is 0 Å². The number of rotatable bonds is 3. The van der Waals surface area contributed by atoms with Crippen LogP contribution in [-0.2, 0) is 0 Å². The van der Waals surface area contributed by atoms with E-state index in [0.29, 0.717) is 7.92 Å². The minimum Gasteiger partial charge on any atom is -0.107 e. The lowest BCUT2D eigenvalue weighted by atomic mass is 10.6. The maximum Gasteiger partial charge on any atom is -0.0269 e. The maximum atomic E-state index is 2.39. The molecule has 0 aromatic rings. The van der Waals surface area contributed by atoms with E-state index in [1.807, 2.05) is 0 Å². The first kappa shape index (κ1) is 8.43. The Bertz CT molecular complexity index is 50.3. The highest BCUT2D eigenvalue weighted by Gasteiger charge is 2.02. The van der Waals surface area contributed by atoms with E-state index in [4.69, 9.17) is 0 Å². The standard InChI is InChI=1S/C7H17P/c1-5-6-8(4)7(2)3/h7H,5-6H2,1-4H3. The fraction of sp³-hybridized carbons (Fsp3) is 1.00. The van der Waals surface area contributed by atoms with Crippen LogP contribution in [0.25, 0.3) is 0 Å². The molecule has 50 valence electrons. The highest BCUT2D eigenvalue weighted by atomic mass is 31.1. The molecular weight excluding hydrogens is 115 g/mol. The Labute approximate surface area is 54.4 Å². The second kappa shape index (κ2) is 4.32. The average Bonchev–Trinajstić information content (AvgIpc) is 1.67. The number of hydrogen-bond donors (Lipinski definition) is 0. The van der Waals surface area contributed by atoms with Crippen molar-refractivity contribution in [3.63, 3.8) is 0 Å². The van der Waals surface area contributed by atoms with Gasteiger partial charge in [0.25, 0.3) is 0 Å². The molecule has 1 atom stereocenters. The molecule has 0 aromatic heterocycles. The highest BCUT2D eigenvalue weighted by Crippen LogP contribution is 2.36. The van der Waals surface area contributed by atoms with Crippen molar-refractivity contribution < 1.29 is 0 Å². The van der Waals surface area contributed by atoms with E-state index in [0.717, 1.165) is 5.66 Å². The summed E-state index contributed by atoms with van der Waals surface area (Å²) < 4.78 is 0. The van der Waals surface area contributed by atoms with Crippen LogP contribution >= 0.6 is 7.92 Å². The molecule has 0 spiro atoms. The van der Waals surface area contributed by atoms with Gasteiger partial charge < -0.3 is 0 Å². The quantitative estimate of drug-likeness (QED) is 0.518. The van der Waals surface area contributed by atoms with Gasteiger partial charge in [-0.15, -0.1) is 7.92 Å². The molecule has 1 heteroatoms. The van der Waals surface area contributed by atoms with Gasteiger partial charge in [0.15, 0.2) is 0 Å². The number of hydrogen-bond acceptors (Lipinski definition) is 0. The van der Waals surface area contributed by atoms with Crippen molar-refractivity contribution in [2.45, 2.75) is 32.9 Å². The molecule has 0 saturated heterocycles. The fourth-order valence-corrected chi connectivity index (χ4v) is 1.83. The molecule has 8 heavy (non-hydrogen) atoms. The zero-order chi connectivity index (χ0) is 6.57. The van der Waals surface area contributed by atoms with Crippen molar-refractivity contribution in [2.24, 2.45) is 0 Å². The van der Waals surface area contributed by atoms with Crippen LogP contribution < -0.4 is 0 Å². The molecule has 0 rings (SSSR count). The van der Waals surface area contributed by atoms with Crippen LogP contribution in [0.1, 0.15) is 27.2 Å². The molecule has 0 bridgehead atoms. The molecule has 0 N–H and O–H groups in total. The summed E-state index contributed by atoms with van der Waals surface area (Å²) in [5.74, 6) is 0. The predicted octanol–water partition coefficient (Wildman–Crippen LogP) is 2.92. The largest absolute Gasteiger partial charge is 0.107 e. The van der Waals surface area contributed by atoms with Crippen LogP contribution in [0.5, 0.6) is 0 Å². The third-order valence-corrected chi connectivity index (χ3v) is 4.37. The van der Waals surface area contributed by atoms with Gasteiger partial charge in [0.2, 0.25) is 0 Å². The Morgan fingerprint density at radius 1 is 1.38 bits per heavy atom. The summed E-state index contributed by atoms with van der Waals surface area (Å²) >= 11 is 0. The van der Waals surface area contributed by atoms with Crippen LogP contribution in [0.4, 0.5) is 0 Å². The summed E-state index contributed by atoms with van der Waals surface area (Å²) in [5.41, 5.74) is 0.935. The SMILES string of the molecule is CCCP(C)C(C)C. The molecule has 0 aliphatic heterocycles. The molecular formula is C7H17P. The first-order chi connectivity index (χ1) is 3.68. The van der Waals surface area contributed by atoms with Gasteiger partial charge in [-0.25, -0.2) is 0 Å². The van der Waals surface area contributed by atoms with Crippen LogP contribution in [0.3, 0.4) is 0 Å². The van der Waals surface area contributed by atoms with Crippen LogP contribution in [0.2, 0.25) is 0 Å². The molecule has 0 fully saturated rings. The smallest absolute Gasteiger partial charge is 0.0269 e. The van der Waals surface area contributed by atoms with Gasteiger partial charge in [-0.05, 0) is 18.5 Å². The van der Waals surface area contributed by atoms with Gasteiger partial charge >= 0.3 is 0 Å². The lowest BCUT2D eigenvalue weighted by Crippen LogP contribution is -1.93. The zero-order valence-corrected chi connectivity index (χ0v) is 7.33. The van der Waals surface area contributed by atoms with Crippen LogP contribution in [0, 0.1) is 0 Å². The molecule has 0 aliphatic carbocycles. The highest BCUT2D eigenvalue weighted by molar-refractivity contribution is 7.57. The molecule has 0 saturated carbocycles. The van der Waals surface area contributed by atoms with Gasteiger partial charge in [-0.3, -0.25) is 0 Å². The average molecular weight is 132 g/mol. The predicted molar refractivity (Wildman–Crippen MR) is 43.1 cm³/mol. The molecule has 0 amide bonds. The first-order valence-electron chi connectivity index (χ1n) is 3.38. The van der Waals surface area contributed by atoms with E-state index in [1.165, 1.54) is 12.6 Å². The minimum absolute atomic E-state index is 0.360. The molecule has 0 aromatic carbocycles. The summed E-state index contributed by atoms with van der Waals surface area (Å²) in [6.07, 6.45) is 2.81. The van der Waals surface area contributed by atoms with Gasteiger partial charge in [-0.2, -0.15) is 0 Å². The van der Waals surface area contributed by atoms with Crippen molar-refractivity contribution >= 4 is 7.92 Å². The van der Waals surface area contributed by atoms with Crippen molar-refractivity contribution in [2.75, 3.05) is 12.8 Å². The first-order valence-corrected chi connectivity index (χ1v) is 5.43. The second-order valence-corrected chi connectivity index (χ2v) is 5.57. The third kappa shape index (κ3) is 3.43. The maximum absolute atomic E-state index is 2.39. The van der Waals surface area contributed by atoms with E-state index in [1.54, 1.807) is 0 Å². The normalized spacial score (nSPS) is 14.6. The molecule has 0 nitrogen and oxygen atoms in total. The molecule has 0 heterocycles. The van der Waals surface area contributed by atoms with E-state index in [9.17, 15) is 0 Å². The van der Waals surface area contributed by atoms with Crippen molar-refractivity contribution in [3.8, 4) is 0 Å². The Hall–Kier alpha value is 0.430. The summed E-state index contributed by atoms with van der Waals surface area (Å²) in [6.45, 7) is 9.30. The summed E-state index contributed by atoms with van der Waals surface area (Å²) in [7, 11) is 0.360. The summed E-state index contributed by atoms with van der Waals surface area (Å²) in [5, 5.41) is 0. The molecule has 0 radical (unpaired) electrons. The van der Waals surface area contributed by atoms with Crippen LogP contribution in [0.15, 0.2) is 0 Å². The lowest BCUT2D eigenvalue weighted by Gasteiger charge is -2.13. The lowest BCUT2D eigenvalue weighted by molar-refractivity contribution is 1.04. The Kier molecular flexibility index (Phi) is 4.56. The Morgan fingerprint density at radius 3 is 2.00 bits per heavy atom. The van der Waals surface area contributed by atoms with Gasteiger partial charge in [0, 0.05) is 0 Å². The van der Waals surface area contributed by atoms with Gasteiger partial charge in [-0.1, -0.05) is 27.2 Å². The van der Waals surface area contributed by atoms with Crippen molar-refractivity contribution in [1.82, 2.24) is 0 Å². The van der Waals surface area contributed by atoms with E-state index < -0.39 is 0 Å². The molecule has 0 aliphatic rings. The van der Waals surface area contributed by atoms with E-state index >= 15 is 0 Å². The van der Waals surface area contributed by atoms with Crippen molar-refractivity contribution in [1.29, 1.82) is 0 Å². The van der Waals surface area contributed by atoms with Crippen LogP contribution in [-0.4, -0.2) is 18.5 Å². The monoisotopic (exact) mass is 132 g/mol. The third-order valence-electron chi connectivity index (χ3n) is 1.46. The zero-order valence-electron chi connectivity index (χ0n) is 6.44. The summed E-state index contributed by atoms with van der Waals surface area (Å²) in [6, 6.07) is 0. The van der Waals surface area contributed by atoms with Gasteiger partial charge in [0.05, 0.1) is 0 Å². The summed E-state index contributed by atoms with van der Waals surface area (Å²) in [4.78, 5) is 0. The Balaban J connectivity index is 3.17. The van der Waals surface area contributed by atoms with Crippen molar-refractivity contribution in [3.05, 3.63) is 0 Å². The molecule has 1 unspecified atom stereocenters. The van der Waals surface area contributed by atoms with Gasteiger partial charge in [0.1, 0.15) is 0 Å². The van der Waals surface area contributed by atoms with E-state index in [2.05, 4.69) is 27.4 Å². The fourth-order valence-electron chi connectivity index (χ4n) is 0.611. The second-order valence-electron chi connectivity index (χ2n) is 2.57. The topological polar surface area (TPSA) is 0 Å². The minimum atomic E-state index is 0.360. The Morgan fingerprint density at radius 2 is 1.88 bits per heavy atom.